The number of thiazole rings is 1. The molecule has 9 nitrogen and oxygen atoms in total. The van der Waals surface area contributed by atoms with E-state index in [1.165, 1.54) is 18.3 Å². The first kappa shape index (κ1) is 24.8. The first-order valence-electron chi connectivity index (χ1n) is 12.2. The van der Waals surface area contributed by atoms with Crippen molar-refractivity contribution >= 4 is 28.3 Å². The van der Waals surface area contributed by atoms with Crippen molar-refractivity contribution in [1.82, 2.24) is 25.1 Å². The maximum Gasteiger partial charge on any atom is 0.224 e. The van der Waals surface area contributed by atoms with Gasteiger partial charge >= 0.3 is 0 Å². The number of aryl methyl sites for hydroxylation is 1. The van der Waals surface area contributed by atoms with Gasteiger partial charge in [0, 0.05) is 50.7 Å². The number of methoxy groups -OCH3 is 1. The molecule has 4 aromatic rings. The smallest absolute Gasteiger partial charge is 0.224 e. The van der Waals surface area contributed by atoms with Crippen LogP contribution < -0.4 is 10.6 Å². The number of carbonyl (C=O) groups excluding carboxylic acids is 2. The maximum atomic E-state index is 12.3. The van der Waals surface area contributed by atoms with E-state index in [1.807, 2.05) is 47.3 Å². The van der Waals surface area contributed by atoms with E-state index in [2.05, 4.69) is 20.6 Å². The van der Waals surface area contributed by atoms with Gasteiger partial charge in [-0.05, 0) is 49.1 Å². The zero-order chi connectivity index (χ0) is 25.8. The molecule has 0 bridgehead atoms. The Morgan fingerprint density at radius 2 is 2.00 bits per heavy atom. The second-order valence-corrected chi connectivity index (χ2v) is 9.84. The number of nitrogens with one attached hydrogen (secondary N) is 2. The van der Waals surface area contributed by atoms with Gasteiger partial charge in [-0.2, -0.15) is 5.10 Å². The Morgan fingerprint density at radius 3 is 2.73 bits per heavy atom. The molecule has 10 heteroatoms. The molecule has 0 aliphatic heterocycles. The minimum absolute atomic E-state index is 0.0148. The fraction of sp³-hybridized carbons (Fsp3) is 0.296. The highest BCUT2D eigenvalue weighted by Gasteiger charge is 2.30. The molecule has 2 amide bonds. The van der Waals surface area contributed by atoms with E-state index in [0.29, 0.717) is 24.7 Å². The summed E-state index contributed by atoms with van der Waals surface area (Å²) < 4.78 is 6.97. The Kier molecular flexibility index (Phi) is 7.38. The molecule has 5 rings (SSSR count). The lowest BCUT2D eigenvalue weighted by Crippen LogP contribution is -2.26. The van der Waals surface area contributed by atoms with Crippen molar-refractivity contribution in [2.24, 2.45) is 0 Å². The van der Waals surface area contributed by atoms with Crippen LogP contribution in [-0.4, -0.2) is 51.8 Å². The van der Waals surface area contributed by atoms with E-state index in [1.54, 1.807) is 13.3 Å². The van der Waals surface area contributed by atoms with Gasteiger partial charge in [0.2, 0.25) is 11.8 Å². The van der Waals surface area contributed by atoms with Crippen LogP contribution in [0.3, 0.4) is 0 Å². The maximum absolute atomic E-state index is 12.3. The SMILES string of the molecule is COCCCNC(=O)Cc1ccc(-n2nc(-c3cccnc3)c3c2-c2sc(NC(C)=O)nc2CC3)cc1. The molecule has 0 saturated carbocycles. The molecule has 0 radical (unpaired) electrons. The number of aromatic nitrogens is 4. The molecule has 0 unspecified atom stereocenters. The molecule has 0 atom stereocenters. The number of nitrogens with zero attached hydrogens (tertiary/aromatic N) is 4. The lowest BCUT2D eigenvalue weighted by Gasteiger charge is -2.14. The second-order valence-electron chi connectivity index (χ2n) is 8.84. The van der Waals surface area contributed by atoms with Crippen LogP contribution in [0.2, 0.25) is 0 Å². The van der Waals surface area contributed by atoms with E-state index in [0.717, 1.165) is 63.6 Å². The van der Waals surface area contributed by atoms with Crippen molar-refractivity contribution in [3.63, 3.8) is 0 Å². The van der Waals surface area contributed by atoms with Crippen LogP contribution in [0.4, 0.5) is 5.13 Å². The molecule has 0 fully saturated rings. The summed E-state index contributed by atoms with van der Waals surface area (Å²) in [6, 6.07) is 11.8. The summed E-state index contributed by atoms with van der Waals surface area (Å²) in [7, 11) is 1.65. The third kappa shape index (κ3) is 5.45. The van der Waals surface area contributed by atoms with Crippen LogP contribution in [0.5, 0.6) is 0 Å². The van der Waals surface area contributed by atoms with Crippen LogP contribution in [0.15, 0.2) is 48.8 Å². The van der Waals surface area contributed by atoms with Gasteiger partial charge in [0.15, 0.2) is 5.13 Å². The van der Waals surface area contributed by atoms with Crippen molar-refractivity contribution in [2.45, 2.75) is 32.6 Å². The zero-order valence-corrected chi connectivity index (χ0v) is 21.6. The van der Waals surface area contributed by atoms with Crippen LogP contribution in [0.1, 0.15) is 30.2 Å². The molecule has 1 aliphatic rings. The Bertz CT molecular complexity index is 1410. The molecule has 2 N–H and O–H groups in total. The minimum Gasteiger partial charge on any atom is -0.385 e. The molecule has 0 spiro atoms. The minimum atomic E-state index is -0.144. The van der Waals surface area contributed by atoms with Gasteiger partial charge in [-0.3, -0.25) is 14.6 Å². The Morgan fingerprint density at radius 1 is 1.16 bits per heavy atom. The number of amides is 2. The molecule has 190 valence electrons. The summed E-state index contributed by atoms with van der Waals surface area (Å²) in [4.78, 5) is 33.9. The van der Waals surface area contributed by atoms with Gasteiger partial charge in [0.1, 0.15) is 0 Å². The van der Waals surface area contributed by atoms with E-state index in [-0.39, 0.29) is 11.8 Å². The molecule has 1 aliphatic carbocycles. The first-order chi connectivity index (χ1) is 18.0. The highest BCUT2D eigenvalue weighted by molar-refractivity contribution is 7.19. The Balaban J connectivity index is 1.48. The van der Waals surface area contributed by atoms with Crippen LogP contribution in [-0.2, 0) is 33.6 Å². The zero-order valence-electron chi connectivity index (χ0n) is 20.8. The van der Waals surface area contributed by atoms with Gasteiger partial charge in [-0.1, -0.05) is 23.5 Å². The molecule has 0 saturated heterocycles. The fourth-order valence-electron chi connectivity index (χ4n) is 4.44. The number of hydrogen-bond donors (Lipinski definition) is 2. The van der Waals surface area contributed by atoms with Gasteiger partial charge in [0.25, 0.3) is 0 Å². The van der Waals surface area contributed by atoms with E-state index in [9.17, 15) is 9.59 Å². The van der Waals surface area contributed by atoms with Crippen LogP contribution in [0.25, 0.3) is 27.5 Å². The fourth-order valence-corrected chi connectivity index (χ4v) is 5.56. The number of benzene rings is 1. The van der Waals surface area contributed by atoms with Crippen LogP contribution >= 0.6 is 11.3 Å². The number of fused-ring (bicyclic) bond motifs is 3. The number of hydrogen-bond acceptors (Lipinski definition) is 7. The summed E-state index contributed by atoms with van der Waals surface area (Å²) in [5.74, 6) is -0.159. The monoisotopic (exact) mass is 516 g/mol. The van der Waals surface area contributed by atoms with E-state index >= 15 is 0 Å². The lowest BCUT2D eigenvalue weighted by atomic mass is 9.95. The highest BCUT2D eigenvalue weighted by Crippen LogP contribution is 2.44. The molecular formula is C27H28N6O3S. The van der Waals surface area contributed by atoms with E-state index in [4.69, 9.17) is 9.84 Å². The third-order valence-corrected chi connectivity index (χ3v) is 7.14. The highest BCUT2D eigenvalue weighted by atomic mass is 32.1. The third-order valence-electron chi connectivity index (χ3n) is 6.12. The van der Waals surface area contributed by atoms with Gasteiger partial charge < -0.3 is 15.4 Å². The van der Waals surface area contributed by atoms with Crippen molar-refractivity contribution < 1.29 is 14.3 Å². The summed E-state index contributed by atoms with van der Waals surface area (Å²) >= 11 is 1.46. The van der Waals surface area contributed by atoms with E-state index < -0.39 is 0 Å². The predicted molar refractivity (Wildman–Crippen MR) is 143 cm³/mol. The largest absolute Gasteiger partial charge is 0.385 e. The van der Waals surface area contributed by atoms with Crippen molar-refractivity contribution in [2.75, 3.05) is 25.6 Å². The number of carbonyl (C=O) groups is 2. The summed E-state index contributed by atoms with van der Waals surface area (Å²) in [5, 5.41) is 11.4. The quantitative estimate of drug-likeness (QED) is 0.327. The van der Waals surface area contributed by atoms with Gasteiger partial charge in [-0.15, -0.1) is 0 Å². The Hall–Kier alpha value is -3.89. The summed E-state index contributed by atoms with van der Waals surface area (Å²) in [6.45, 7) is 2.70. The topological polar surface area (TPSA) is 111 Å². The number of anilines is 1. The number of pyridine rings is 1. The summed E-state index contributed by atoms with van der Waals surface area (Å²) in [6.07, 6.45) is 6.23. The van der Waals surface area contributed by atoms with Gasteiger partial charge in [0.05, 0.1) is 34.1 Å². The van der Waals surface area contributed by atoms with Crippen molar-refractivity contribution in [3.8, 4) is 27.5 Å². The molecule has 3 aromatic heterocycles. The average molecular weight is 517 g/mol. The number of ether oxygens (including phenoxy) is 1. The second kappa shape index (κ2) is 11.0. The first-order valence-corrected chi connectivity index (χ1v) is 13.0. The average Bonchev–Trinajstić information content (AvgIpc) is 3.48. The Labute approximate surface area is 218 Å². The predicted octanol–water partition coefficient (Wildman–Crippen LogP) is 3.81. The molecular weight excluding hydrogens is 488 g/mol. The molecule has 1 aromatic carbocycles. The van der Waals surface area contributed by atoms with Crippen LogP contribution in [0, 0.1) is 0 Å². The standard InChI is InChI=1S/C27H28N6O3S/c1-17(34)30-27-31-22-11-10-21-24(19-5-3-12-28-16-19)32-33(25(21)26(22)37-27)20-8-6-18(7-9-20)15-23(35)29-13-4-14-36-2/h3,5-9,12,16H,4,10-11,13-15H2,1-2H3,(H,29,35)(H,30,31,34). The molecule has 37 heavy (non-hydrogen) atoms. The normalized spacial score (nSPS) is 12.1. The number of rotatable bonds is 9. The lowest BCUT2D eigenvalue weighted by molar-refractivity contribution is -0.120. The van der Waals surface area contributed by atoms with Crippen molar-refractivity contribution in [3.05, 3.63) is 65.6 Å². The summed E-state index contributed by atoms with van der Waals surface area (Å²) in [5.41, 5.74) is 6.74. The van der Waals surface area contributed by atoms with Gasteiger partial charge in [-0.25, -0.2) is 9.67 Å². The van der Waals surface area contributed by atoms with Crippen molar-refractivity contribution in [1.29, 1.82) is 0 Å². The molecule has 3 heterocycles.